The molecule has 1 saturated heterocycles. The highest BCUT2D eigenvalue weighted by molar-refractivity contribution is 5.94. The summed E-state index contributed by atoms with van der Waals surface area (Å²) in [5.41, 5.74) is 12.5. The van der Waals surface area contributed by atoms with Crippen molar-refractivity contribution in [3.05, 3.63) is 65.7 Å². The van der Waals surface area contributed by atoms with Gasteiger partial charge in [-0.2, -0.15) is 0 Å². The highest BCUT2D eigenvalue weighted by Gasteiger charge is 2.38. The quantitative estimate of drug-likeness (QED) is 0.115. The predicted molar refractivity (Wildman–Crippen MR) is 168 cm³/mol. The molecule has 1 heterocycles. The second-order valence-electron chi connectivity index (χ2n) is 11.4. The Morgan fingerprint density at radius 3 is 2.32 bits per heavy atom. The average molecular weight is 608 g/mol. The Labute approximate surface area is 259 Å². The highest BCUT2D eigenvalue weighted by atomic mass is 16.5. The fraction of sp³-hybridized carbons (Fsp3) is 0.469. The zero-order chi connectivity index (χ0) is 32.1. The molecule has 0 aromatic heterocycles. The number of hydrogen-bond acceptors (Lipinski definition) is 6. The summed E-state index contributed by atoms with van der Waals surface area (Å²) in [7, 11) is 0. The molecule has 0 aliphatic carbocycles. The Bertz CT molecular complexity index is 1280. The number of ether oxygens (including phenoxy) is 1. The largest absolute Gasteiger partial charge is 0.489 e. The molecule has 12 nitrogen and oxygen atoms in total. The van der Waals surface area contributed by atoms with Crippen LogP contribution in [0, 0.1) is 5.92 Å². The van der Waals surface area contributed by atoms with Crippen molar-refractivity contribution in [1.29, 1.82) is 0 Å². The Balaban J connectivity index is 1.66. The van der Waals surface area contributed by atoms with Gasteiger partial charge in [0, 0.05) is 26.4 Å². The second-order valence-corrected chi connectivity index (χ2v) is 11.4. The van der Waals surface area contributed by atoms with Crippen LogP contribution in [0.3, 0.4) is 0 Å². The molecule has 0 saturated carbocycles. The summed E-state index contributed by atoms with van der Waals surface area (Å²) in [6.45, 7) is 6.56. The lowest BCUT2D eigenvalue weighted by atomic mass is 10.00. The van der Waals surface area contributed by atoms with Crippen LogP contribution in [0.1, 0.15) is 51.2 Å². The standard InChI is InChI=1S/C32H45N7O5/c1-21(2)18-27(31(43)39-17-7-10-28(39)30(42)35-15-16-36-32(33)34)38-29(41)26(37-22(3)40)19-23-11-13-25(14-12-23)44-20-24-8-5-4-6-9-24/h4-6,8-9,11-14,21,26-28H,7,10,15-20H2,1-3H3,(H,35,42)(H,37,40)(H,38,41)(H4,33,34,36)/t26-,27-,28-/m0/s1. The summed E-state index contributed by atoms with van der Waals surface area (Å²) < 4.78 is 5.86. The monoisotopic (exact) mass is 607 g/mol. The minimum absolute atomic E-state index is 0.0633. The summed E-state index contributed by atoms with van der Waals surface area (Å²) in [6, 6.07) is 14.7. The minimum Gasteiger partial charge on any atom is -0.489 e. The molecule has 0 radical (unpaired) electrons. The van der Waals surface area contributed by atoms with Gasteiger partial charge in [-0.3, -0.25) is 24.2 Å². The van der Waals surface area contributed by atoms with Gasteiger partial charge in [-0.05, 0) is 48.4 Å². The van der Waals surface area contributed by atoms with E-state index in [9.17, 15) is 19.2 Å². The smallest absolute Gasteiger partial charge is 0.245 e. The molecule has 238 valence electrons. The average Bonchev–Trinajstić information content (AvgIpc) is 3.48. The highest BCUT2D eigenvalue weighted by Crippen LogP contribution is 2.21. The Morgan fingerprint density at radius 2 is 1.68 bits per heavy atom. The molecule has 0 bridgehead atoms. The van der Waals surface area contributed by atoms with Crippen LogP contribution >= 0.6 is 0 Å². The maximum atomic E-state index is 13.7. The molecule has 7 N–H and O–H groups in total. The molecule has 2 aromatic carbocycles. The third-order valence-electron chi connectivity index (χ3n) is 7.17. The van der Waals surface area contributed by atoms with Gasteiger partial charge in [0.15, 0.2) is 5.96 Å². The van der Waals surface area contributed by atoms with Crippen molar-refractivity contribution in [3.8, 4) is 5.75 Å². The first-order chi connectivity index (χ1) is 21.0. The van der Waals surface area contributed by atoms with E-state index in [4.69, 9.17) is 16.2 Å². The van der Waals surface area contributed by atoms with Gasteiger partial charge in [-0.25, -0.2) is 0 Å². The lowest BCUT2D eigenvalue weighted by Crippen LogP contribution is -2.57. The first kappa shape index (κ1) is 33.9. The number of carbonyl (C=O) groups excluding carboxylic acids is 4. The maximum Gasteiger partial charge on any atom is 0.245 e. The molecule has 4 amide bonds. The number of nitrogens with one attached hydrogen (secondary N) is 3. The summed E-state index contributed by atoms with van der Waals surface area (Å²) in [5, 5.41) is 8.38. The van der Waals surface area contributed by atoms with Gasteiger partial charge in [-0.1, -0.05) is 56.3 Å². The maximum absolute atomic E-state index is 13.7. The fourth-order valence-electron chi connectivity index (χ4n) is 5.10. The summed E-state index contributed by atoms with van der Waals surface area (Å²) in [4.78, 5) is 57.6. The second kappa shape index (κ2) is 16.9. The number of hydrogen-bond donors (Lipinski definition) is 5. The van der Waals surface area contributed by atoms with E-state index in [1.54, 1.807) is 0 Å². The van der Waals surface area contributed by atoms with Crippen LogP contribution in [-0.2, 0) is 32.2 Å². The third-order valence-corrected chi connectivity index (χ3v) is 7.17. The number of nitrogens with zero attached hydrogens (tertiary/aromatic N) is 2. The molecule has 0 spiro atoms. The molecule has 0 unspecified atom stereocenters. The van der Waals surface area contributed by atoms with Crippen molar-refractivity contribution >= 4 is 29.6 Å². The van der Waals surface area contributed by atoms with E-state index in [0.29, 0.717) is 38.2 Å². The van der Waals surface area contributed by atoms with Crippen LogP contribution in [0.15, 0.2) is 59.6 Å². The molecule has 1 aliphatic heterocycles. The van der Waals surface area contributed by atoms with Gasteiger partial charge in [0.05, 0.1) is 6.54 Å². The van der Waals surface area contributed by atoms with Gasteiger partial charge >= 0.3 is 0 Å². The summed E-state index contributed by atoms with van der Waals surface area (Å²) in [5.74, 6) is -0.745. The van der Waals surface area contributed by atoms with Crippen molar-refractivity contribution < 1.29 is 23.9 Å². The molecule has 1 fully saturated rings. The third kappa shape index (κ3) is 10.9. The number of rotatable bonds is 15. The van der Waals surface area contributed by atoms with Crippen molar-refractivity contribution in [2.45, 2.75) is 71.2 Å². The Morgan fingerprint density at radius 1 is 0.977 bits per heavy atom. The zero-order valence-electron chi connectivity index (χ0n) is 25.8. The van der Waals surface area contributed by atoms with Crippen molar-refractivity contribution in [2.75, 3.05) is 19.6 Å². The van der Waals surface area contributed by atoms with Gasteiger partial charge in [0.25, 0.3) is 0 Å². The van der Waals surface area contributed by atoms with E-state index < -0.39 is 24.0 Å². The van der Waals surface area contributed by atoms with Gasteiger partial charge < -0.3 is 37.1 Å². The number of aliphatic imine (C=N–C) groups is 1. The van der Waals surface area contributed by atoms with E-state index in [2.05, 4.69) is 20.9 Å². The molecule has 44 heavy (non-hydrogen) atoms. The van der Waals surface area contributed by atoms with Crippen molar-refractivity contribution in [1.82, 2.24) is 20.9 Å². The Hall–Kier alpha value is -4.61. The molecule has 3 rings (SSSR count). The molecular weight excluding hydrogens is 562 g/mol. The predicted octanol–water partition coefficient (Wildman–Crippen LogP) is 1.22. The molecule has 12 heteroatoms. The molecular formula is C32H45N7O5. The topological polar surface area (TPSA) is 181 Å². The number of guanidine groups is 1. The van der Waals surface area contributed by atoms with Crippen LogP contribution < -0.4 is 32.2 Å². The first-order valence-corrected chi connectivity index (χ1v) is 15.0. The number of likely N-dealkylation sites (tertiary alicyclic amines) is 1. The van der Waals surface area contributed by atoms with Crippen LogP contribution in [0.5, 0.6) is 5.75 Å². The van der Waals surface area contributed by atoms with Crippen LogP contribution in [0.25, 0.3) is 0 Å². The minimum atomic E-state index is -0.903. The van der Waals surface area contributed by atoms with Gasteiger partial charge in [-0.15, -0.1) is 0 Å². The van der Waals surface area contributed by atoms with Crippen LogP contribution in [-0.4, -0.2) is 72.2 Å². The number of nitrogens with two attached hydrogens (primary N) is 2. The van der Waals surface area contributed by atoms with E-state index in [1.165, 1.54) is 11.8 Å². The fourth-order valence-corrected chi connectivity index (χ4v) is 5.10. The van der Waals surface area contributed by atoms with Gasteiger partial charge in [0.1, 0.15) is 30.5 Å². The lowest BCUT2D eigenvalue weighted by Gasteiger charge is -2.30. The zero-order valence-corrected chi connectivity index (χ0v) is 25.8. The van der Waals surface area contributed by atoms with Crippen LogP contribution in [0.4, 0.5) is 0 Å². The SMILES string of the molecule is CC(=O)N[C@@H](Cc1ccc(OCc2ccccc2)cc1)C(=O)N[C@@H](CC(C)C)C(=O)N1CCC[C@H]1C(=O)NCCN=C(N)N. The van der Waals surface area contributed by atoms with E-state index >= 15 is 0 Å². The molecule has 1 aliphatic rings. The normalized spacial score (nSPS) is 15.6. The Kier molecular flexibility index (Phi) is 13.0. The number of amides is 4. The van der Waals surface area contributed by atoms with Crippen molar-refractivity contribution in [3.63, 3.8) is 0 Å². The van der Waals surface area contributed by atoms with Crippen molar-refractivity contribution in [2.24, 2.45) is 22.4 Å². The number of benzene rings is 2. The van der Waals surface area contributed by atoms with Gasteiger partial charge in [0.2, 0.25) is 23.6 Å². The lowest BCUT2D eigenvalue weighted by molar-refractivity contribution is -0.142. The van der Waals surface area contributed by atoms with E-state index in [0.717, 1.165) is 11.1 Å². The summed E-state index contributed by atoms with van der Waals surface area (Å²) in [6.07, 6.45) is 1.78. The number of carbonyl (C=O) groups is 4. The van der Waals surface area contributed by atoms with E-state index in [1.807, 2.05) is 68.4 Å². The van der Waals surface area contributed by atoms with E-state index in [-0.39, 0.29) is 49.1 Å². The molecule has 3 atom stereocenters. The molecule has 2 aromatic rings. The van der Waals surface area contributed by atoms with Crippen LogP contribution in [0.2, 0.25) is 0 Å². The first-order valence-electron chi connectivity index (χ1n) is 15.0. The summed E-state index contributed by atoms with van der Waals surface area (Å²) >= 11 is 0.